The van der Waals surface area contributed by atoms with Crippen LogP contribution in [0, 0.1) is 5.92 Å². The number of nitrogens with zero attached hydrogens (tertiary/aromatic N) is 1. The number of piperidine rings is 1. The van der Waals surface area contributed by atoms with Gasteiger partial charge in [-0.2, -0.15) is 4.31 Å². The second-order valence-electron chi connectivity index (χ2n) is 6.75. The number of phenols is 1. The van der Waals surface area contributed by atoms with Gasteiger partial charge >= 0.3 is 0 Å². The van der Waals surface area contributed by atoms with Gasteiger partial charge in [0.1, 0.15) is 5.75 Å². The number of amides is 1. The minimum atomic E-state index is -3.66. The van der Waals surface area contributed by atoms with Crippen LogP contribution in [-0.4, -0.2) is 36.8 Å². The van der Waals surface area contributed by atoms with Gasteiger partial charge in [-0.25, -0.2) is 8.42 Å². The quantitative estimate of drug-likeness (QED) is 0.755. The molecule has 1 atom stereocenters. The summed E-state index contributed by atoms with van der Waals surface area (Å²) in [6.45, 7) is 3.00. The van der Waals surface area contributed by atoms with Gasteiger partial charge in [0.25, 0.3) is 5.91 Å². The molecule has 0 spiro atoms. The second kappa shape index (κ2) is 7.88. The zero-order valence-corrected chi connectivity index (χ0v) is 16.4. The first-order valence-corrected chi connectivity index (χ1v) is 10.5. The van der Waals surface area contributed by atoms with Gasteiger partial charge in [0.15, 0.2) is 0 Å². The lowest BCUT2D eigenvalue weighted by Crippen LogP contribution is -2.39. The van der Waals surface area contributed by atoms with Crippen LogP contribution in [0.4, 0.5) is 5.69 Å². The first-order chi connectivity index (χ1) is 12.8. The van der Waals surface area contributed by atoms with E-state index in [4.69, 9.17) is 11.6 Å². The summed E-state index contributed by atoms with van der Waals surface area (Å²) >= 11 is 5.88. The number of halogens is 1. The van der Waals surface area contributed by atoms with E-state index in [1.807, 2.05) is 6.92 Å². The number of carbonyl (C=O) groups excluding carboxylic acids is 1. The summed E-state index contributed by atoms with van der Waals surface area (Å²) in [5.74, 6) is -0.346. The number of nitrogens with one attached hydrogen (secondary N) is 1. The van der Waals surface area contributed by atoms with Gasteiger partial charge in [-0.3, -0.25) is 4.79 Å². The number of aromatic hydroxyl groups is 1. The summed E-state index contributed by atoms with van der Waals surface area (Å²) in [6.07, 6.45) is 1.84. The molecule has 2 N–H and O–H groups in total. The fourth-order valence-electron chi connectivity index (χ4n) is 3.11. The Kier molecular flexibility index (Phi) is 5.74. The lowest BCUT2D eigenvalue weighted by Gasteiger charge is -2.30. The van der Waals surface area contributed by atoms with Gasteiger partial charge in [-0.05, 0) is 55.2 Å². The van der Waals surface area contributed by atoms with E-state index in [9.17, 15) is 18.3 Å². The van der Waals surface area contributed by atoms with Crippen molar-refractivity contribution in [3.05, 3.63) is 53.1 Å². The molecule has 0 radical (unpaired) electrons. The minimum Gasteiger partial charge on any atom is -0.506 e. The highest BCUT2D eigenvalue weighted by Crippen LogP contribution is 2.28. The molecule has 3 rings (SSSR count). The van der Waals surface area contributed by atoms with Gasteiger partial charge in [0, 0.05) is 23.7 Å². The van der Waals surface area contributed by atoms with Crippen molar-refractivity contribution in [3.8, 4) is 5.75 Å². The van der Waals surface area contributed by atoms with Crippen LogP contribution in [0.25, 0.3) is 0 Å². The molecule has 8 heteroatoms. The Bertz CT molecular complexity index is 962. The van der Waals surface area contributed by atoms with Crippen LogP contribution in [0.5, 0.6) is 5.75 Å². The fourth-order valence-corrected chi connectivity index (χ4v) is 4.93. The average Bonchev–Trinajstić information content (AvgIpc) is 2.65. The molecule has 27 heavy (non-hydrogen) atoms. The molecule has 1 heterocycles. The molecule has 0 aliphatic carbocycles. The third-order valence-electron chi connectivity index (χ3n) is 4.56. The maximum atomic E-state index is 12.9. The molecule has 1 unspecified atom stereocenters. The van der Waals surface area contributed by atoms with Crippen molar-refractivity contribution in [2.24, 2.45) is 5.92 Å². The van der Waals surface area contributed by atoms with E-state index in [0.717, 1.165) is 12.8 Å². The monoisotopic (exact) mass is 408 g/mol. The molecule has 2 aromatic carbocycles. The number of hydrogen-bond acceptors (Lipinski definition) is 4. The van der Waals surface area contributed by atoms with Gasteiger partial charge in [-0.1, -0.05) is 24.6 Å². The Balaban J connectivity index is 1.84. The van der Waals surface area contributed by atoms with E-state index in [1.165, 1.54) is 46.8 Å². The third kappa shape index (κ3) is 4.43. The topological polar surface area (TPSA) is 86.7 Å². The predicted octanol–water partition coefficient (Wildman–Crippen LogP) is 3.72. The minimum absolute atomic E-state index is 0.0829. The molecular weight excluding hydrogens is 388 g/mol. The van der Waals surface area contributed by atoms with E-state index in [1.54, 1.807) is 0 Å². The summed E-state index contributed by atoms with van der Waals surface area (Å²) in [5.41, 5.74) is 0.339. The molecular formula is C19H21ClN2O4S. The molecule has 6 nitrogen and oxygen atoms in total. The highest BCUT2D eigenvalue weighted by Gasteiger charge is 2.29. The summed E-state index contributed by atoms with van der Waals surface area (Å²) in [4.78, 5) is 12.6. The zero-order chi connectivity index (χ0) is 19.6. The maximum absolute atomic E-state index is 12.9. The molecule has 1 saturated heterocycles. The Hall–Kier alpha value is -2.09. The second-order valence-corrected chi connectivity index (χ2v) is 9.13. The number of benzene rings is 2. The van der Waals surface area contributed by atoms with Gasteiger partial charge in [0.2, 0.25) is 10.0 Å². The van der Waals surface area contributed by atoms with Gasteiger partial charge in [0.05, 0.1) is 10.6 Å². The summed E-state index contributed by atoms with van der Waals surface area (Å²) in [5, 5.41) is 12.7. The van der Waals surface area contributed by atoms with Crippen LogP contribution >= 0.6 is 11.6 Å². The number of carbonyl (C=O) groups is 1. The number of rotatable bonds is 4. The van der Waals surface area contributed by atoms with Crippen molar-refractivity contribution >= 4 is 33.2 Å². The van der Waals surface area contributed by atoms with Crippen LogP contribution < -0.4 is 5.32 Å². The van der Waals surface area contributed by atoms with E-state index < -0.39 is 15.9 Å². The Morgan fingerprint density at radius 3 is 2.78 bits per heavy atom. The lowest BCUT2D eigenvalue weighted by molar-refractivity contribution is 0.102. The zero-order valence-electron chi connectivity index (χ0n) is 14.9. The Labute approximate surface area is 163 Å². The molecule has 1 fully saturated rings. The lowest BCUT2D eigenvalue weighted by atomic mass is 10.0. The smallest absolute Gasteiger partial charge is 0.255 e. The molecule has 0 bridgehead atoms. The number of hydrogen-bond donors (Lipinski definition) is 2. The van der Waals surface area contributed by atoms with Crippen molar-refractivity contribution in [3.63, 3.8) is 0 Å². The predicted molar refractivity (Wildman–Crippen MR) is 105 cm³/mol. The molecule has 1 aliphatic rings. The highest BCUT2D eigenvalue weighted by molar-refractivity contribution is 7.89. The summed E-state index contributed by atoms with van der Waals surface area (Å²) in [6, 6.07) is 10.2. The number of anilines is 1. The molecule has 1 amide bonds. The van der Waals surface area contributed by atoms with Gasteiger partial charge in [-0.15, -0.1) is 0 Å². The van der Waals surface area contributed by atoms with E-state index >= 15 is 0 Å². The van der Waals surface area contributed by atoms with Crippen LogP contribution in [0.1, 0.15) is 30.1 Å². The van der Waals surface area contributed by atoms with Crippen molar-refractivity contribution in [1.29, 1.82) is 0 Å². The standard InChI is InChI=1S/C19H21ClN2O4S/c1-13-4-3-9-22(12-13)27(25,26)16-6-2-5-14(10-16)19(24)21-17-11-15(20)7-8-18(17)23/h2,5-8,10-11,13,23H,3-4,9,12H2,1H3,(H,21,24). The van der Waals surface area contributed by atoms with E-state index in [2.05, 4.69) is 5.32 Å². The van der Waals surface area contributed by atoms with Crippen molar-refractivity contribution in [2.75, 3.05) is 18.4 Å². The normalized spacial score (nSPS) is 18.2. The van der Waals surface area contributed by atoms with Crippen LogP contribution in [0.15, 0.2) is 47.4 Å². The Morgan fingerprint density at radius 1 is 1.26 bits per heavy atom. The largest absolute Gasteiger partial charge is 0.506 e. The average molecular weight is 409 g/mol. The van der Waals surface area contributed by atoms with Gasteiger partial charge < -0.3 is 10.4 Å². The number of phenolic OH excluding ortho intramolecular Hbond substituents is 1. The third-order valence-corrected chi connectivity index (χ3v) is 6.66. The number of sulfonamides is 1. The van der Waals surface area contributed by atoms with Crippen LogP contribution in [0.3, 0.4) is 0 Å². The van der Waals surface area contributed by atoms with Crippen molar-refractivity contribution in [2.45, 2.75) is 24.7 Å². The molecule has 0 saturated carbocycles. The molecule has 2 aromatic rings. The Morgan fingerprint density at radius 2 is 2.04 bits per heavy atom. The first-order valence-electron chi connectivity index (χ1n) is 8.67. The molecule has 144 valence electrons. The van der Waals surface area contributed by atoms with Crippen molar-refractivity contribution in [1.82, 2.24) is 4.31 Å². The van der Waals surface area contributed by atoms with E-state index in [-0.39, 0.29) is 21.9 Å². The first kappa shape index (κ1) is 19.7. The molecule has 0 aromatic heterocycles. The maximum Gasteiger partial charge on any atom is 0.255 e. The van der Waals surface area contributed by atoms with Crippen molar-refractivity contribution < 1.29 is 18.3 Å². The molecule has 1 aliphatic heterocycles. The summed E-state index contributed by atoms with van der Waals surface area (Å²) in [7, 11) is -3.66. The summed E-state index contributed by atoms with van der Waals surface area (Å²) < 4.78 is 27.3. The highest BCUT2D eigenvalue weighted by atomic mass is 35.5. The van der Waals surface area contributed by atoms with Crippen LogP contribution in [0.2, 0.25) is 5.02 Å². The van der Waals surface area contributed by atoms with E-state index in [0.29, 0.717) is 24.0 Å². The fraction of sp³-hybridized carbons (Fsp3) is 0.316. The SMILES string of the molecule is CC1CCCN(S(=O)(=O)c2cccc(C(=O)Nc3cc(Cl)ccc3O)c2)C1. The van der Waals surface area contributed by atoms with Crippen LogP contribution in [-0.2, 0) is 10.0 Å².